The summed E-state index contributed by atoms with van der Waals surface area (Å²) >= 11 is 6.09. The second kappa shape index (κ2) is 8.23. The minimum atomic E-state index is -0.262. The van der Waals surface area contributed by atoms with Crippen LogP contribution in [0.5, 0.6) is 11.5 Å². The summed E-state index contributed by atoms with van der Waals surface area (Å²) in [5, 5.41) is 20.6. The van der Waals surface area contributed by atoms with Crippen LogP contribution in [0, 0.1) is 6.92 Å². The third-order valence-electron chi connectivity index (χ3n) is 3.90. The van der Waals surface area contributed by atoms with Gasteiger partial charge in [0.1, 0.15) is 11.5 Å². The lowest BCUT2D eigenvalue weighted by molar-refractivity contribution is 0.101. The van der Waals surface area contributed by atoms with Crippen LogP contribution < -0.4 is 0 Å². The van der Waals surface area contributed by atoms with Crippen molar-refractivity contribution >= 4 is 17.4 Å². The number of ketones is 1. The van der Waals surface area contributed by atoms with Gasteiger partial charge in [-0.15, -0.1) is 0 Å². The summed E-state index contributed by atoms with van der Waals surface area (Å²) in [4.78, 5) is 11.7. The number of aromatic hydroxyl groups is 2. The maximum Gasteiger partial charge on any atom is 0.163 e. The molecule has 0 spiro atoms. The van der Waals surface area contributed by atoms with Crippen LogP contribution in [0.4, 0.5) is 0 Å². The smallest absolute Gasteiger partial charge is 0.163 e. The number of carbonyl (C=O) groups is 1. The molecule has 0 unspecified atom stereocenters. The van der Waals surface area contributed by atoms with Gasteiger partial charge in [0.25, 0.3) is 0 Å². The van der Waals surface area contributed by atoms with E-state index in [1.165, 1.54) is 25.3 Å². The van der Waals surface area contributed by atoms with Crippen LogP contribution in [-0.2, 0) is 6.42 Å². The minimum absolute atomic E-state index is 0.134. The van der Waals surface area contributed by atoms with E-state index in [1.807, 2.05) is 13.0 Å². The molecule has 22 heavy (non-hydrogen) atoms. The molecule has 0 aliphatic heterocycles. The number of hydrogen-bond donors (Lipinski definition) is 2. The van der Waals surface area contributed by atoms with Gasteiger partial charge in [-0.2, -0.15) is 0 Å². The average Bonchev–Trinajstić information content (AvgIpc) is 2.45. The molecule has 0 bridgehead atoms. The fourth-order valence-electron chi connectivity index (χ4n) is 2.52. The summed E-state index contributed by atoms with van der Waals surface area (Å²) in [7, 11) is 0. The Morgan fingerprint density at radius 2 is 1.82 bits per heavy atom. The van der Waals surface area contributed by atoms with Crippen LogP contribution >= 0.6 is 11.6 Å². The Hall–Kier alpha value is -1.48. The largest absolute Gasteiger partial charge is 0.507 e. The number of benzene rings is 1. The zero-order valence-electron chi connectivity index (χ0n) is 13.8. The number of allylic oxidation sites excluding steroid dienone is 2. The Kier molecular flexibility index (Phi) is 6.95. The molecule has 2 N–H and O–H groups in total. The average molecular weight is 325 g/mol. The fourth-order valence-corrected chi connectivity index (χ4v) is 2.73. The number of hydrogen-bond acceptors (Lipinski definition) is 3. The number of halogens is 1. The highest BCUT2D eigenvalue weighted by molar-refractivity contribution is 6.33. The van der Waals surface area contributed by atoms with Crippen LogP contribution in [-0.4, -0.2) is 16.0 Å². The van der Waals surface area contributed by atoms with Crippen LogP contribution in [0.1, 0.15) is 67.9 Å². The van der Waals surface area contributed by atoms with Gasteiger partial charge in [0.15, 0.2) is 5.78 Å². The molecule has 1 aromatic rings. The first-order valence-electron chi connectivity index (χ1n) is 7.70. The van der Waals surface area contributed by atoms with Gasteiger partial charge in [-0.3, -0.25) is 4.79 Å². The van der Waals surface area contributed by atoms with E-state index < -0.39 is 0 Å². The molecule has 0 saturated heterocycles. The number of Topliss-reactive ketones (excluding diaryl/α,β-unsaturated/α-hetero) is 1. The quantitative estimate of drug-likeness (QED) is 0.405. The number of phenols is 2. The first-order chi connectivity index (χ1) is 10.3. The van der Waals surface area contributed by atoms with Crippen molar-refractivity contribution in [1.82, 2.24) is 0 Å². The van der Waals surface area contributed by atoms with Crippen molar-refractivity contribution in [1.29, 1.82) is 0 Å². The van der Waals surface area contributed by atoms with Gasteiger partial charge in [0.05, 0.1) is 10.6 Å². The van der Waals surface area contributed by atoms with Crippen LogP contribution in [0.15, 0.2) is 11.6 Å². The van der Waals surface area contributed by atoms with Crippen molar-refractivity contribution in [3.05, 3.63) is 33.4 Å². The third kappa shape index (κ3) is 4.26. The normalized spacial score (nSPS) is 11.8. The second-order valence-electron chi connectivity index (χ2n) is 5.76. The van der Waals surface area contributed by atoms with Gasteiger partial charge >= 0.3 is 0 Å². The van der Waals surface area contributed by atoms with E-state index in [4.69, 9.17) is 11.6 Å². The highest BCUT2D eigenvalue weighted by Crippen LogP contribution is 2.41. The highest BCUT2D eigenvalue weighted by Gasteiger charge is 2.22. The van der Waals surface area contributed by atoms with Gasteiger partial charge in [-0.25, -0.2) is 0 Å². The lowest BCUT2D eigenvalue weighted by atomic mass is 9.96. The van der Waals surface area contributed by atoms with Crippen LogP contribution in [0.3, 0.4) is 0 Å². The van der Waals surface area contributed by atoms with Gasteiger partial charge in [-0.1, -0.05) is 43.0 Å². The molecule has 3 nitrogen and oxygen atoms in total. The maximum absolute atomic E-state index is 11.7. The molecule has 1 rings (SSSR count). The SMILES string of the molecule is CCCCCC(C)=CCc1c(O)c(Cl)c(C)c(C(C)=O)c1O. The van der Waals surface area contributed by atoms with E-state index in [0.29, 0.717) is 17.5 Å². The number of rotatable bonds is 7. The molecule has 0 aliphatic carbocycles. The molecule has 0 amide bonds. The van der Waals surface area contributed by atoms with E-state index >= 15 is 0 Å². The Bertz CT molecular complexity index is 589. The Balaban J connectivity index is 3.10. The first-order valence-corrected chi connectivity index (χ1v) is 8.08. The number of phenolic OH excluding ortho intramolecular Hbond substituents is 2. The number of unbranched alkanes of at least 4 members (excludes halogenated alkanes) is 2. The number of carbonyl (C=O) groups excluding carboxylic acids is 1. The van der Waals surface area contributed by atoms with Crippen molar-refractivity contribution < 1.29 is 15.0 Å². The van der Waals surface area contributed by atoms with Gasteiger partial charge in [-0.05, 0) is 45.6 Å². The Labute approximate surface area is 137 Å². The molecular formula is C18H25ClO3. The van der Waals surface area contributed by atoms with E-state index in [1.54, 1.807) is 6.92 Å². The molecule has 0 heterocycles. The molecule has 0 atom stereocenters. The summed E-state index contributed by atoms with van der Waals surface area (Å²) < 4.78 is 0. The van der Waals surface area contributed by atoms with Gasteiger partial charge < -0.3 is 10.2 Å². The molecule has 0 saturated carbocycles. The molecule has 1 aromatic carbocycles. The zero-order chi connectivity index (χ0) is 16.9. The van der Waals surface area contributed by atoms with Crippen molar-refractivity contribution in [2.45, 2.75) is 59.8 Å². The second-order valence-corrected chi connectivity index (χ2v) is 6.14. The van der Waals surface area contributed by atoms with Crippen LogP contribution in [0.2, 0.25) is 5.02 Å². The lowest BCUT2D eigenvalue weighted by Crippen LogP contribution is -2.01. The molecular weight excluding hydrogens is 300 g/mol. The zero-order valence-corrected chi connectivity index (χ0v) is 14.5. The molecule has 0 radical (unpaired) electrons. The van der Waals surface area contributed by atoms with Crippen molar-refractivity contribution in [2.24, 2.45) is 0 Å². The summed E-state index contributed by atoms with van der Waals surface area (Å²) in [6, 6.07) is 0. The van der Waals surface area contributed by atoms with Crippen molar-refractivity contribution in [2.75, 3.05) is 0 Å². The minimum Gasteiger partial charge on any atom is -0.507 e. The standard InChI is InChI=1S/C18H25ClO3/c1-5-6-7-8-11(2)9-10-14-17(21)15(13(4)20)12(3)16(19)18(14)22/h9,21-22H,5-8,10H2,1-4H3. The monoisotopic (exact) mass is 324 g/mol. The summed E-state index contributed by atoms with van der Waals surface area (Å²) in [6.07, 6.45) is 6.81. The fraction of sp³-hybridized carbons (Fsp3) is 0.500. The summed E-state index contributed by atoms with van der Waals surface area (Å²) in [5.74, 6) is -0.564. The predicted molar refractivity (Wildman–Crippen MR) is 91.1 cm³/mol. The molecule has 0 aromatic heterocycles. The Morgan fingerprint density at radius 1 is 1.18 bits per heavy atom. The summed E-state index contributed by atoms with van der Waals surface area (Å²) in [5.41, 5.74) is 2.12. The van der Waals surface area contributed by atoms with Gasteiger partial charge in [0.2, 0.25) is 0 Å². The van der Waals surface area contributed by atoms with Crippen molar-refractivity contribution in [3.8, 4) is 11.5 Å². The maximum atomic E-state index is 11.7. The highest BCUT2D eigenvalue weighted by atomic mass is 35.5. The van der Waals surface area contributed by atoms with E-state index in [-0.39, 0.29) is 27.9 Å². The van der Waals surface area contributed by atoms with Crippen LogP contribution in [0.25, 0.3) is 0 Å². The topological polar surface area (TPSA) is 57.5 Å². The van der Waals surface area contributed by atoms with Gasteiger partial charge in [0, 0.05) is 5.56 Å². The first kappa shape index (κ1) is 18.6. The van der Waals surface area contributed by atoms with E-state index in [9.17, 15) is 15.0 Å². The third-order valence-corrected chi connectivity index (χ3v) is 4.36. The molecule has 122 valence electrons. The molecule has 4 heteroatoms. The van der Waals surface area contributed by atoms with E-state index in [0.717, 1.165) is 12.8 Å². The lowest BCUT2D eigenvalue weighted by Gasteiger charge is -2.14. The Morgan fingerprint density at radius 3 is 2.36 bits per heavy atom. The predicted octanol–water partition coefficient (Wildman–Crippen LogP) is 5.33. The van der Waals surface area contributed by atoms with E-state index in [2.05, 4.69) is 6.92 Å². The molecule has 0 fully saturated rings. The molecule has 0 aliphatic rings. The summed E-state index contributed by atoms with van der Waals surface area (Å²) in [6.45, 7) is 7.19. The van der Waals surface area contributed by atoms with Crippen molar-refractivity contribution in [3.63, 3.8) is 0 Å².